The molecule has 94 valence electrons. The van der Waals surface area contributed by atoms with E-state index in [0.29, 0.717) is 16.5 Å². The average Bonchev–Trinajstić information content (AvgIpc) is 2.40. The summed E-state index contributed by atoms with van der Waals surface area (Å²) in [6.45, 7) is 0.274. The van der Waals surface area contributed by atoms with Gasteiger partial charge in [0.2, 0.25) is 0 Å². The number of aromatic nitrogens is 1. The number of nitrogens with zero attached hydrogens (tertiary/aromatic N) is 1. The van der Waals surface area contributed by atoms with Crippen molar-refractivity contribution in [2.45, 2.75) is 6.61 Å². The van der Waals surface area contributed by atoms with Crippen LogP contribution in [0.4, 0.5) is 5.82 Å². The Labute approximate surface area is 110 Å². The summed E-state index contributed by atoms with van der Waals surface area (Å²) in [6, 6.07) is 10.6. The molecule has 0 saturated carbocycles. The molecule has 0 bridgehead atoms. The highest BCUT2D eigenvalue weighted by atomic mass is 35.5. The molecular formula is C13H13ClN2O2. The van der Waals surface area contributed by atoms with Crippen LogP contribution in [0.3, 0.4) is 0 Å². The van der Waals surface area contributed by atoms with E-state index in [-0.39, 0.29) is 6.61 Å². The molecule has 5 heteroatoms. The predicted octanol–water partition coefficient (Wildman–Crippen LogP) is 2.90. The molecule has 0 aliphatic rings. The van der Waals surface area contributed by atoms with Gasteiger partial charge in [-0.25, -0.2) is 4.98 Å². The Kier molecular flexibility index (Phi) is 3.89. The van der Waals surface area contributed by atoms with E-state index >= 15 is 0 Å². The second kappa shape index (κ2) is 5.60. The molecule has 0 unspecified atom stereocenters. The Hall–Kier alpha value is -1.94. The molecule has 18 heavy (non-hydrogen) atoms. The summed E-state index contributed by atoms with van der Waals surface area (Å²) >= 11 is 5.99. The SMILES string of the molecule is COc1ccc(OCc2nc(N)ccc2Cl)cc1. The second-order valence-electron chi connectivity index (χ2n) is 3.63. The molecule has 4 nitrogen and oxygen atoms in total. The third-order valence-electron chi connectivity index (χ3n) is 2.38. The second-order valence-corrected chi connectivity index (χ2v) is 4.04. The molecule has 2 N–H and O–H groups in total. The minimum absolute atomic E-state index is 0.274. The topological polar surface area (TPSA) is 57.4 Å². The fraction of sp³-hybridized carbons (Fsp3) is 0.154. The van der Waals surface area contributed by atoms with E-state index in [1.807, 2.05) is 24.3 Å². The number of benzene rings is 1. The quantitative estimate of drug-likeness (QED) is 0.922. The van der Waals surface area contributed by atoms with Gasteiger partial charge in [0.05, 0.1) is 17.8 Å². The van der Waals surface area contributed by atoms with Crippen LogP contribution in [0.2, 0.25) is 5.02 Å². The lowest BCUT2D eigenvalue weighted by atomic mass is 10.3. The van der Waals surface area contributed by atoms with Crippen LogP contribution in [-0.2, 0) is 6.61 Å². The molecule has 0 radical (unpaired) electrons. The van der Waals surface area contributed by atoms with Crippen molar-refractivity contribution in [3.05, 3.63) is 47.1 Å². The number of hydrogen-bond acceptors (Lipinski definition) is 4. The van der Waals surface area contributed by atoms with Crippen molar-refractivity contribution < 1.29 is 9.47 Å². The molecule has 0 saturated heterocycles. The van der Waals surface area contributed by atoms with E-state index in [1.54, 1.807) is 19.2 Å². The van der Waals surface area contributed by atoms with Crippen molar-refractivity contribution in [1.29, 1.82) is 0 Å². The Balaban J connectivity index is 2.04. The Morgan fingerprint density at radius 3 is 2.44 bits per heavy atom. The van der Waals surface area contributed by atoms with Crippen LogP contribution in [0.25, 0.3) is 0 Å². The van der Waals surface area contributed by atoms with Crippen LogP contribution in [0.5, 0.6) is 11.5 Å². The van der Waals surface area contributed by atoms with Gasteiger partial charge in [-0.3, -0.25) is 0 Å². The lowest BCUT2D eigenvalue weighted by Crippen LogP contribution is -2.01. The number of anilines is 1. The fourth-order valence-electron chi connectivity index (χ4n) is 1.43. The van der Waals surface area contributed by atoms with Crippen LogP contribution >= 0.6 is 11.6 Å². The highest BCUT2D eigenvalue weighted by Crippen LogP contribution is 2.20. The first-order valence-electron chi connectivity index (χ1n) is 5.37. The normalized spacial score (nSPS) is 10.1. The van der Waals surface area contributed by atoms with Gasteiger partial charge in [-0.15, -0.1) is 0 Å². The highest BCUT2D eigenvalue weighted by Gasteiger charge is 2.04. The van der Waals surface area contributed by atoms with E-state index < -0.39 is 0 Å². The van der Waals surface area contributed by atoms with Crippen molar-refractivity contribution in [2.24, 2.45) is 0 Å². The van der Waals surface area contributed by atoms with Gasteiger partial charge in [0.1, 0.15) is 23.9 Å². The van der Waals surface area contributed by atoms with Crippen LogP contribution < -0.4 is 15.2 Å². The first-order chi connectivity index (χ1) is 8.69. The van der Waals surface area contributed by atoms with Crippen molar-refractivity contribution in [3.8, 4) is 11.5 Å². The predicted molar refractivity (Wildman–Crippen MR) is 71.0 cm³/mol. The van der Waals surface area contributed by atoms with Crippen molar-refractivity contribution in [3.63, 3.8) is 0 Å². The zero-order valence-electron chi connectivity index (χ0n) is 9.89. The smallest absolute Gasteiger partial charge is 0.132 e. The minimum Gasteiger partial charge on any atom is -0.497 e. The molecule has 0 atom stereocenters. The Bertz CT molecular complexity index is 529. The summed E-state index contributed by atoms with van der Waals surface area (Å²) in [5, 5.41) is 0.540. The van der Waals surface area contributed by atoms with Gasteiger partial charge in [0, 0.05) is 0 Å². The van der Waals surface area contributed by atoms with Gasteiger partial charge in [-0.2, -0.15) is 0 Å². The van der Waals surface area contributed by atoms with E-state index in [0.717, 1.165) is 11.5 Å². The zero-order chi connectivity index (χ0) is 13.0. The standard InChI is InChI=1S/C13H13ClN2O2/c1-17-9-2-4-10(5-3-9)18-8-12-11(14)6-7-13(15)16-12/h2-7H,8H2,1H3,(H2,15,16). The molecule has 0 fully saturated rings. The summed E-state index contributed by atoms with van der Waals surface area (Å²) in [6.07, 6.45) is 0. The molecule has 1 heterocycles. The van der Waals surface area contributed by atoms with Crippen LogP contribution in [0, 0.1) is 0 Å². The maximum Gasteiger partial charge on any atom is 0.132 e. The maximum absolute atomic E-state index is 5.99. The number of nitrogens with two attached hydrogens (primary N) is 1. The van der Waals surface area contributed by atoms with E-state index in [1.165, 1.54) is 0 Å². The lowest BCUT2D eigenvalue weighted by Gasteiger charge is -2.08. The maximum atomic E-state index is 5.99. The average molecular weight is 265 g/mol. The first kappa shape index (κ1) is 12.5. The first-order valence-corrected chi connectivity index (χ1v) is 5.74. The molecule has 0 amide bonds. The highest BCUT2D eigenvalue weighted by molar-refractivity contribution is 6.31. The molecule has 0 spiro atoms. The third kappa shape index (κ3) is 3.05. The van der Waals surface area contributed by atoms with Crippen LogP contribution in [-0.4, -0.2) is 12.1 Å². The molecular weight excluding hydrogens is 252 g/mol. The summed E-state index contributed by atoms with van der Waals surface area (Å²) in [5.74, 6) is 1.92. The minimum atomic E-state index is 0.274. The van der Waals surface area contributed by atoms with E-state index in [9.17, 15) is 0 Å². The molecule has 1 aromatic heterocycles. The van der Waals surface area contributed by atoms with Crippen molar-refractivity contribution >= 4 is 17.4 Å². The largest absolute Gasteiger partial charge is 0.497 e. The molecule has 2 aromatic rings. The Morgan fingerprint density at radius 2 is 1.78 bits per heavy atom. The number of pyridine rings is 1. The fourth-order valence-corrected chi connectivity index (χ4v) is 1.59. The van der Waals surface area contributed by atoms with Gasteiger partial charge in [-0.1, -0.05) is 11.6 Å². The lowest BCUT2D eigenvalue weighted by molar-refractivity contribution is 0.301. The summed E-state index contributed by atoms with van der Waals surface area (Å²) in [4.78, 5) is 4.12. The summed E-state index contributed by atoms with van der Waals surface area (Å²) < 4.78 is 10.6. The number of methoxy groups -OCH3 is 1. The third-order valence-corrected chi connectivity index (χ3v) is 2.72. The number of rotatable bonds is 4. The number of hydrogen-bond donors (Lipinski definition) is 1. The van der Waals surface area contributed by atoms with Crippen molar-refractivity contribution in [1.82, 2.24) is 4.98 Å². The van der Waals surface area contributed by atoms with Gasteiger partial charge in [-0.05, 0) is 36.4 Å². The van der Waals surface area contributed by atoms with Gasteiger partial charge < -0.3 is 15.2 Å². The number of ether oxygens (including phenoxy) is 2. The van der Waals surface area contributed by atoms with Crippen LogP contribution in [0.15, 0.2) is 36.4 Å². The molecule has 0 aliphatic heterocycles. The van der Waals surface area contributed by atoms with Gasteiger partial charge >= 0.3 is 0 Å². The van der Waals surface area contributed by atoms with Gasteiger partial charge in [0.15, 0.2) is 0 Å². The van der Waals surface area contributed by atoms with E-state index in [4.69, 9.17) is 26.8 Å². The molecule has 0 aliphatic carbocycles. The van der Waals surface area contributed by atoms with Crippen LogP contribution in [0.1, 0.15) is 5.69 Å². The van der Waals surface area contributed by atoms with E-state index in [2.05, 4.69) is 4.98 Å². The van der Waals surface area contributed by atoms with Gasteiger partial charge in [0.25, 0.3) is 0 Å². The number of halogens is 1. The zero-order valence-corrected chi connectivity index (χ0v) is 10.6. The number of nitrogen functional groups attached to an aromatic ring is 1. The summed E-state index contributed by atoms with van der Waals surface area (Å²) in [7, 11) is 1.62. The van der Waals surface area contributed by atoms with Crippen molar-refractivity contribution in [2.75, 3.05) is 12.8 Å². The summed E-state index contributed by atoms with van der Waals surface area (Å²) in [5.41, 5.74) is 6.21. The molecule has 2 rings (SSSR count). The molecule has 1 aromatic carbocycles. The Morgan fingerprint density at radius 1 is 1.11 bits per heavy atom. The monoisotopic (exact) mass is 264 g/mol.